The Bertz CT molecular complexity index is 413. The maximum Gasteiger partial charge on any atom is 0.307 e. The minimum atomic E-state index is -0.888. The lowest BCUT2D eigenvalue weighted by molar-refractivity contribution is -0.135. The highest BCUT2D eigenvalue weighted by Gasteiger charge is 2.04. The summed E-state index contributed by atoms with van der Waals surface area (Å²) in [4.78, 5) is 10.3. The van der Waals surface area contributed by atoms with E-state index in [-0.39, 0.29) is 12.2 Å². The fourth-order valence-corrected chi connectivity index (χ4v) is 1.55. The molecule has 0 aliphatic heterocycles. The van der Waals surface area contributed by atoms with Crippen LogP contribution in [0.1, 0.15) is 17.5 Å². The molecule has 1 aromatic rings. The van der Waals surface area contributed by atoms with Crippen LogP contribution in [0.5, 0.6) is 0 Å². The van der Waals surface area contributed by atoms with E-state index >= 15 is 0 Å². The molecule has 0 saturated carbocycles. The molecule has 1 aromatic carbocycles. The van der Waals surface area contributed by atoms with Gasteiger partial charge in [0.2, 0.25) is 0 Å². The summed E-state index contributed by atoms with van der Waals surface area (Å²) in [5, 5.41) is 8.44. The zero-order chi connectivity index (χ0) is 11.4. The minimum Gasteiger partial charge on any atom is -0.481 e. The van der Waals surface area contributed by atoms with E-state index in [0.29, 0.717) is 10.0 Å². The SMILES string of the molecule is Cc1c(F)ccc(C=CCC(=O)O)c1Br. The molecule has 0 aromatic heterocycles. The van der Waals surface area contributed by atoms with Crippen LogP contribution in [0.25, 0.3) is 6.08 Å². The van der Waals surface area contributed by atoms with Gasteiger partial charge in [-0.2, -0.15) is 0 Å². The fourth-order valence-electron chi connectivity index (χ4n) is 1.10. The molecule has 1 N–H and O–H groups in total. The second kappa shape index (κ2) is 5.07. The Balaban J connectivity index is 2.92. The van der Waals surface area contributed by atoms with Crippen LogP contribution in [0.15, 0.2) is 22.7 Å². The fraction of sp³-hybridized carbons (Fsp3) is 0.182. The molecule has 0 fully saturated rings. The van der Waals surface area contributed by atoms with E-state index in [9.17, 15) is 9.18 Å². The van der Waals surface area contributed by atoms with Gasteiger partial charge in [0.15, 0.2) is 0 Å². The van der Waals surface area contributed by atoms with Gasteiger partial charge in [0, 0.05) is 4.47 Å². The lowest BCUT2D eigenvalue weighted by atomic mass is 10.1. The van der Waals surface area contributed by atoms with Crippen molar-refractivity contribution in [3.05, 3.63) is 39.6 Å². The van der Waals surface area contributed by atoms with E-state index in [0.717, 1.165) is 5.56 Å². The Morgan fingerprint density at radius 2 is 2.27 bits per heavy atom. The van der Waals surface area contributed by atoms with Crippen molar-refractivity contribution in [1.29, 1.82) is 0 Å². The summed E-state index contributed by atoms with van der Waals surface area (Å²) >= 11 is 3.26. The minimum absolute atomic E-state index is 0.0388. The number of carbonyl (C=O) groups is 1. The molecule has 0 atom stereocenters. The molecule has 1 rings (SSSR count). The van der Waals surface area contributed by atoms with E-state index in [4.69, 9.17) is 5.11 Å². The second-order valence-electron chi connectivity index (χ2n) is 3.08. The number of rotatable bonds is 3. The predicted molar refractivity (Wildman–Crippen MR) is 60.1 cm³/mol. The van der Waals surface area contributed by atoms with Crippen LogP contribution < -0.4 is 0 Å². The summed E-state index contributed by atoms with van der Waals surface area (Å²) in [5.74, 6) is -1.17. The van der Waals surface area contributed by atoms with Crippen LogP contribution in [0, 0.1) is 12.7 Å². The van der Waals surface area contributed by atoms with Crippen molar-refractivity contribution in [3.63, 3.8) is 0 Å². The van der Waals surface area contributed by atoms with Gasteiger partial charge in [-0.3, -0.25) is 4.79 Å². The standard InChI is InChI=1S/C11H10BrFO2/c1-7-9(13)6-5-8(11(7)12)3-2-4-10(14)15/h2-3,5-6H,4H2,1H3,(H,14,15). The van der Waals surface area contributed by atoms with Gasteiger partial charge in [-0.25, -0.2) is 4.39 Å². The summed E-state index contributed by atoms with van der Waals surface area (Å²) in [6.07, 6.45) is 3.15. The third-order valence-electron chi connectivity index (χ3n) is 1.94. The normalized spacial score (nSPS) is 10.9. The molecule has 4 heteroatoms. The van der Waals surface area contributed by atoms with E-state index < -0.39 is 5.97 Å². The Hall–Kier alpha value is -1.16. The number of aliphatic carboxylic acids is 1. The van der Waals surface area contributed by atoms with Crippen LogP contribution in [0.2, 0.25) is 0 Å². The second-order valence-corrected chi connectivity index (χ2v) is 3.87. The quantitative estimate of drug-likeness (QED) is 0.916. The number of hydrogen-bond donors (Lipinski definition) is 1. The monoisotopic (exact) mass is 272 g/mol. The number of carboxylic acids is 1. The smallest absolute Gasteiger partial charge is 0.307 e. The van der Waals surface area contributed by atoms with E-state index in [1.54, 1.807) is 19.1 Å². The average molecular weight is 273 g/mol. The highest BCUT2D eigenvalue weighted by Crippen LogP contribution is 2.24. The van der Waals surface area contributed by atoms with Gasteiger partial charge in [0.25, 0.3) is 0 Å². The molecule has 80 valence electrons. The predicted octanol–water partition coefficient (Wildman–Crippen LogP) is 3.38. The molecule has 2 nitrogen and oxygen atoms in total. The van der Waals surface area contributed by atoms with E-state index in [2.05, 4.69) is 15.9 Å². The van der Waals surface area contributed by atoms with Gasteiger partial charge in [-0.1, -0.05) is 18.2 Å². The molecule has 0 heterocycles. The number of carboxylic acid groups (broad SMARTS) is 1. The van der Waals surface area contributed by atoms with Gasteiger partial charge < -0.3 is 5.11 Å². The Morgan fingerprint density at radius 1 is 1.60 bits per heavy atom. The molecule has 0 amide bonds. The number of halogens is 2. The molecular weight excluding hydrogens is 263 g/mol. The van der Waals surface area contributed by atoms with Crippen molar-refractivity contribution in [2.24, 2.45) is 0 Å². The Labute approximate surface area is 95.6 Å². The van der Waals surface area contributed by atoms with Crippen molar-refractivity contribution in [3.8, 4) is 0 Å². The average Bonchev–Trinajstić information content (AvgIpc) is 2.18. The van der Waals surface area contributed by atoms with Gasteiger partial charge >= 0.3 is 5.97 Å². The lowest BCUT2D eigenvalue weighted by Crippen LogP contribution is -1.90. The molecule has 0 unspecified atom stereocenters. The first-order valence-corrected chi connectivity index (χ1v) is 5.14. The number of hydrogen-bond acceptors (Lipinski definition) is 1. The van der Waals surface area contributed by atoms with Crippen LogP contribution >= 0.6 is 15.9 Å². The van der Waals surface area contributed by atoms with Crippen molar-refractivity contribution in [2.75, 3.05) is 0 Å². The highest BCUT2D eigenvalue weighted by molar-refractivity contribution is 9.10. The molecule has 0 aliphatic carbocycles. The van der Waals surface area contributed by atoms with Crippen molar-refractivity contribution in [2.45, 2.75) is 13.3 Å². The summed E-state index contributed by atoms with van der Waals surface area (Å²) in [6.45, 7) is 1.66. The summed E-state index contributed by atoms with van der Waals surface area (Å²) in [6, 6.07) is 2.96. The Morgan fingerprint density at radius 3 is 2.87 bits per heavy atom. The van der Waals surface area contributed by atoms with Crippen molar-refractivity contribution >= 4 is 28.0 Å². The lowest BCUT2D eigenvalue weighted by Gasteiger charge is -2.03. The number of benzene rings is 1. The molecule has 0 aliphatic rings. The zero-order valence-electron chi connectivity index (χ0n) is 8.13. The maximum atomic E-state index is 13.1. The van der Waals surface area contributed by atoms with Crippen LogP contribution in [-0.4, -0.2) is 11.1 Å². The molecular formula is C11H10BrFO2. The van der Waals surface area contributed by atoms with Crippen LogP contribution in [-0.2, 0) is 4.79 Å². The third-order valence-corrected chi connectivity index (χ3v) is 2.99. The first kappa shape index (κ1) is 11.9. The molecule has 15 heavy (non-hydrogen) atoms. The van der Waals surface area contributed by atoms with Crippen LogP contribution in [0.4, 0.5) is 4.39 Å². The first-order chi connectivity index (χ1) is 7.02. The largest absolute Gasteiger partial charge is 0.481 e. The van der Waals surface area contributed by atoms with E-state index in [1.165, 1.54) is 12.1 Å². The van der Waals surface area contributed by atoms with Gasteiger partial charge in [0.1, 0.15) is 5.82 Å². The maximum absolute atomic E-state index is 13.1. The molecule has 0 bridgehead atoms. The highest BCUT2D eigenvalue weighted by atomic mass is 79.9. The van der Waals surface area contributed by atoms with Gasteiger partial charge in [0.05, 0.1) is 6.42 Å². The van der Waals surface area contributed by atoms with Crippen LogP contribution in [0.3, 0.4) is 0 Å². The molecule has 0 saturated heterocycles. The van der Waals surface area contributed by atoms with Gasteiger partial charge in [-0.15, -0.1) is 0 Å². The zero-order valence-corrected chi connectivity index (χ0v) is 9.71. The Kier molecular flexibility index (Phi) is 4.03. The summed E-state index contributed by atoms with van der Waals surface area (Å²) < 4.78 is 13.7. The van der Waals surface area contributed by atoms with Crippen molar-refractivity contribution < 1.29 is 14.3 Å². The topological polar surface area (TPSA) is 37.3 Å². The van der Waals surface area contributed by atoms with E-state index in [1.807, 2.05) is 0 Å². The van der Waals surface area contributed by atoms with Crippen molar-refractivity contribution in [1.82, 2.24) is 0 Å². The molecule has 0 radical (unpaired) electrons. The first-order valence-electron chi connectivity index (χ1n) is 4.35. The summed E-state index contributed by atoms with van der Waals surface area (Å²) in [5.41, 5.74) is 1.29. The molecule has 0 spiro atoms. The van der Waals surface area contributed by atoms with Gasteiger partial charge in [-0.05, 0) is 40.0 Å². The third kappa shape index (κ3) is 3.16. The summed E-state index contributed by atoms with van der Waals surface area (Å²) in [7, 11) is 0.